The lowest BCUT2D eigenvalue weighted by molar-refractivity contribution is -0.145. The second-order valence-corrected chi connectivity index (χ2v) is 9.44. The van der Waals surface area contributed by atoms with Crippen molar-refractivity contribution in [3.63, 3.8) is 0 Å². The van der Waals surface area contributed by atoms with Gasteiger partial charge in [0.2, 0.25) is 11.7 Å². The van der Waals surface area contributed by atoms with Gasteiger partial charge >= 0.3 is 6.18 Å². The van der Waals surface area contributed by atoms with Crippen LogP contribution >= 0.6 is 11.6 Å². The number of carbonyl (C=O) groups is 1. The van der Waals surface area contributed by atoms with Crippen LogP contribution < -0.4 is 5.32 Å². The Kier molecular flexibility index (Phi) is 8.44. The fourth-order valence-electron chi connectivity index (χ4n) is 4.58. The molecule has 1 aromatic heterocycles. The molecule has 1 fully saturated rings. The quantitative estimate of drug-likeness (QED) is 0.369. The van der Waals surface area contributed by atoms with Gasteiger partial charge in [-0.25, -0.2) is 14.4 Å². The summed E-state index contributed by atoms with van der Waals surface area (Å²) in [6.45, 7) is 3.59. The predicted molar refractivity (Wildman–Crippen MR) is 133 cm³/mol. The van der Waals surface area contributed by atoms with Crippen LogP contribution in [0.25, 0.3) is 11.1 Å². The summed E-state index contributed by atoms with van der Waals surface area (Å²) in [4.78, 5) is 22.1. The summed E-state index contributed by atoms with van der Waals surface area (Å²) >= 11 is 6.48. The van der Waals surface area contributed by atoms with E-state index in [1.54, 1.807) is 24.3 Å². The van der Waals surface area contributed by atoms with Crippen molar-refractivity contribution in [1.82, 2.24) is 20.2 Å². The number of aryl methyl sites for hydroxylation is 1. The van der Waals surface area contributed by atoms with Crippen molar-refractivity contribution in [2.75, 3.05) is 13.1 Å². The van der Waals surface area contributed by atoms with E-state index in [0.717, 1.165) is 42.9 Å². The van der Waals surface area contributed by atoms with E-state index in [-0.39, 0.29) is 24.3 Å². The third-order valence-electron chi connectivity index (χ3n) is 6.59. The van der Waals surface area contributed by atoms with E-state index in [1.165, 1.54) is 12.1 Å². The smallest absolute Gasteiger partial charge is 0.351 e. The molecule has 0 spiro atoms. The third kappa shape index (κ3) is 6.64. The standard InChI is InChI=1S/C27H27ClF4N4O/c1-2-18-13-23(28)19(12-22(18)20-15-34-26(35-16-20)27(30,31)32)14-33-25(37)24-4-3-10-36(24)11-9-17-5-7-21(29)8-6-17/h5-8,12-13,15-16,24H,2-4,9-11,14H2,1H3,(H,33,37). The highest BCUT2D eigenvalue weighted by Crippen LogP contribution is 2.31. The molecule has 0 radical (unpaired) electrons. The van der Waals surface area contributed by atoms with Gasteiger partial charge in [-0.2, -0.15) is 13.2 Å². The number of rotatable bonds is 8. The molecule has 0 bridgehead atoms. The Morgan fingerprint density at radius 2 is 1.84 bits per heavy atom. The number of carbonyl (C=O) groups excluding carboxylic acids is 1. The molecule has 2 aromatic carbocycles. The molecule has 0 saturated carbocycles. The van der Waals surface area contributed by atoms with Gasteiger partial charge in [0.25, 0.3) is 0 Å². The first-order chi connectivity index (χ1) is 17.7. The average molecular weight is 535 g/mol. The van der Waals surface area contributed by atoms with E-state index >= 15 is 0 Å². The van der Waals surface area contributed by atoms with Crippen molar-refractivity contribution in [1.29, 1.82) is 0 Å². The number of benzene rings is 2. The van der Waals surface area contributed by atoms with Crippen LogP contribution in [0.3, 0.4) is 0 Å². The van der Waals surface area contributed by atoms with E-state index < -0.39 is 12.0 Å². The number of aromatic nitrogens is 2. The van der Waals surface area contributed by atoms with Crippen LogP contribution in [0.15, 0.2) is 48.8 Å². The monoisotopic (exact) mass is 534 g/mol. The molecule has 196 valence electrons. The minimum Gasteiger partial charge on any atom is -0.351 e. The molecule has 4 rings (SSSR count). The summed E-state index contributed by atoms with van der Waals surface area (Å²) < 4.78 is 51.7. The van der Waals surface area contributed by atoms with Crippen LogP contribution in [0.4, 0.5) is 17.6 Å². The van der Waals surface area contributed by atoms with Crippen LogP contribution in [0.1, 0.15) is 42.3 Å². The van der Waals surface area contributed by atoms with E-state index in [4.69, 9.17) is 11.6 Å². The van der Waals surface area contributed by atoms with Crippen LogP contribution in [-0.2, 0) is 30.4 Å². The molecular formula is C27H27ClF4N4O. The zero-order chi connectivity index (χ0) is 26.6. The average Bonchev–Trinajstić information content (AvgIpc) is 3.35. The highest BCUT2D eigenvalue weighted by Gasteiger charge is 2.34. The van der Waals surface area contributed by atoms with Crippen molar-refractivity contribution < 1.29 is 22.4 Å². The topological polar surface area (TPSA) is 58.1 Å². The molecular weight excluding hydrogens is 508 g/mol. The van der Waals surface area contributed by atoms with E-state index in [0.29, 0.717) is 41.1 Å². The molecule has 3 aromatic rings. The zero-order valence-corrected chi connectivity index (χ0v) is 21.0. The first-order valence-corrected chi connectivity index (χ1v) is 12.5. The maximum absolute atomic E-state index is 13.2. The number of hydrogen-bond donors (Lipinski definition) is 1. The van der Waals surface area contributed by atoms with Crippen LogP contribution in [0.5, 0.6) is 0 Å². The Balaban J connectivity index is 1.43. The SMILES string of the molecule is CCc1cc(Cl)c(CNC(=O)C2CCCN2CCc2ccc(F)cc2)cc1-c1cnc(C(F)(F)F)nc1. The molecule has 0 aliphatic carbocycles. The molecule has 1 amide bonds. The summed E-state index contributed by atoms with van der Waals surface area (Å²) in [5.41, 5.74) is 3.61. The molecule has 1 aliphatic heterocycles. The van der Waals surface area contributed by atoms with Crippen molar-refractivity contribution in [3.8, 4) is 11.1 Å². The second kappa shape index (κ2) is 11.6. The fraction of sp³-hybridized carbons (Fsp3) is 0.370. The Labute approximate surface area is 217 Å². The van der Waals surface area contributed by atoms with Gasteiger partial charge in [-0.05, 0) is 78.7 Å². The lowest BCUT2D eigenvalue weighted by Crippen LogP contribution is -2.43. The minimum atomic E-state index is -4.62. The Morgan fingerprint density at radius 3 is 2.49 bits per heavy atom. The van der Waals surface area contributed by atoms with Crippen LogP contribution in [0, 0.1) is 5.82 Å². The molecule has 2 heterocycles. The molecule has 1 saturated heterocycles. The van der Waals surface area contributed by atoms with Crippen LogP contribution in [-0.4, -0.2) is 39.9 Å². The summed E-state index contributed by atoms with van der Waals surface area (Å²) in [6, 6.07) is 9.64. The van der Waals surface area contributed by atoms with E-state index in [2.05, 4.69) is 20.2 Å². The van der Waals surface area contributed by atoms with Crippen molar-refractivity contribution in [3.05, 3.63) is 82.1 Å². The number of alkyl halides is 3. The maximum atomic E-state index is 13.2. The van der Waals surface area contributed by atoms with Gasteiger partial charge in [0.15, 0.2) is 0 Å². The molecule has 10 heteroatoms. The van der Waals surface area contributed by atoms with Gasteiger partial charge in [-0.1, -0.05) is 30.7 Å². The molecule has 5 nitrogen and oxygen atoms in total. The van der Waals surface area contributed by atoms with Gasteiger partial charge in [0.1, 0.15) is 5.82 Å². The number of nitrogens with one attached hydrogen (secondary N) is 1. The molecule has 1 aliphatic rings. The van der Waals surface area contributed by atoms with Gasteiger partial charge in [-0.15, -0.1) is 0 Å². The minimum absolute atomic E-state index is 0.105. The Hall–Kier alpha value is -3.04. The fourth-order valence-corrected chi connectivity index (χ4v) is 4.84. The highest BCUT2D eigenvalue weighted by atomic mass is 35.5. The summed E-state index contributed by atoms with van der Waals surface area (Å²) in [5.74, 6) is -1.58. The normalized spacial score (nSPS) is 16.2. The summed E-state index contributed by atoms with van der Waals surface area (Å²) in [6.07, 6.45) is 0.656. The highest BCUT2D eigenvalue weighted by molar-refractivity contribution is 6.31. The lowest BCUT2D eigenvalue weighted by atomic mass is 9.97. The van der Waals surface area contributed by atoms with Gasteiger partial charge in [-0.3, -0.25) is 9.69 Å². The Morgan fingerprint density at radius 1 is 1.14 bits per heavy atom. The van der Waals surface area contributed by atoms with Crippen LogP contribution in [0.2, 0.25) is 5.02 Å². The van der Waals surface area contributed by atoms with Crippen molar-refractivity contribution >= 4 is 17.5 Å². The zero-order valence-electron chi connectivity index (χ0n) is 20.3. The van der Waals surface area contributed by atoms with E-state index in [1.807, 2.05) is 6.92 Å². The maximum Gasteiger partial charge on any atom is 0.451 e. The Bertz CT molecular complexity index is 1230. The second-order valence-electron chi connectivity index (χ2n) is 9.04. The molecule has 1 atom stereocenters. The number of amides is 1. The first kappa shape index (κ1) is 27.0. The molecule has 37 heavy (non-hydrogen) atoms. The summed E-state index contributed by atoms with van der Waals surface area (Å²) in [5, 5.41) is 3.43. The first-order valence-electron chi connectivity index (χ1n) is 12.1. The third-order valence-corrected chi connectivity index (χ3v) is 6.94. The number of likely N-dealkylation sites (tertiary alicyclic amines) is 1. The number of nitrogens with zero attached hydrogens (tertiary/aromatic N) is 3. The molecule has 1 unspecified atom stereocenters. The number of hydrogen-bond acceptors (Lipinski definition) is 4. The van der Waals surface area contributed by atoms with E-state index in [9.17, 15) is 22.4 Å². The summed E-state index contributed by atoms with van der Waals surface area (Å²) in [7, 11) is 0. The van der Waals surface area contributed by atoms with Crippen molar-refractivity contribution in [2.45, 2.75) is 51.4 Å². The largest absolute Gasteiger partial charge is 0.451 e. The molecule has 1 N–H and O–H groups in total. The van der Waals surface area contributed by atoms with Gasteiger partial charge < -0.3 is 5.32 Å². The lowest BCUT2D eigenvalue weighted by Gasteiger charge is -2.24. The number of halogens is 5. The van der Waals surface area contributed by atoms with Gasteiger partial charge in [0, 0.05) is 36.1 Å². The predicted octanol–water partition coefficient (Wildman–Crippen LogP) is 5.84. The van der Waals surface area contributed by atoms with Gasteiger partial charge in [0.05, 0.1) is 6.04 Å². The van der Waals surface area contributed by atoms with Crippen molar-refractivity contribution in [2.24, 2.45) is 0 Å².